The number of hydrogen-bond donors (Lipinski definition) is 1. The summed E-state index contributed by atoms with van der Waals surface area (Å²) in [5.74, 6) is -0.737. The molecular weight excluding hydrogens is 440 g/mol. The van der Waals surface area contributed by atoms with Gasteiger partial charge >= 0.3 is 12.1 Å². The number of esters is 1. The van der Waals surface area contributed by atoms with Crippen LogP contribution < -0.4 is 5.32 Å². The number of carbonyl (C=O) groups excluding carboxylic acids is 3. The molecule has 3 rings (SSSR count). The summed E-state index contributed by atoms with van der Waals surface area (Å²) in [6.45, 7) is -0.347. The maximum absolute atomic E-state index is 12.6. The Labute approximate surface area is 176 Å². The molecule has 29 heavy (non-hydrogen) atoms. The summed E-state index contributed by atoms with van der Waals surface area (Å²) in [7, 11) is 1.27. The zero-order valence-corrected chi connectivity index (χ0v) is 17.5. The Morgan fingerprint density at radius 3 is 2.48 bits per heavy atom. The fourth-order valence-corrected chi connectivity index (χ4v) is 3.08. The number of amides is 1. The summed E-state index contributed by atoms with van der Waals surface area (Å²) >= 11 is 3.34. The molecule has 1 heterocycles. The Bertz CT molecular complexity index is 879. The number of halogens is 1. The molecule has 1 unspecified atom stereocenters. The predicted octanol–water partition coefficient (Wildman–Crippen LogP) is 4.33. The van der Waals surface area contributed by atoms with Gasteiger partial charge in [-0.15, -0.1) is 0 Å². The van der Waals surface area contributed by atoms with Gasteiger partial charge in [0.2, 0.25) is 0 Å². The van der Waals surface area contributed by atoms with Gasteiger partial charge in [-0.05, 0) is 64.7 Å². The number of pyridine rings is 1. The van der Waals surface area contributed by atoms with Crippen LogP contribution >= 0.6 is 15.9 Å². The van der Waals surface area contributed by atoms with E-state index in [1.165, 1.54) is 7.11 Å². The molecule has 1 aromatic carbocycles. The largest absolute Gasteiger partial charge is 0.457 e. The van der Waals surface area contributed by atoms with Crippen LogP contribution in [-0.2, 0) is 14.3 Å². The minimum absolute atomic E-state index is 0.322. The van der Waals surface area contributed by atoms with Crippen LogP contribution in [0.2, 0.25) is 0 Å². The average Bonchev–Trinajstić information content (AvgIpc) is 3.55. The van der Waals surface area contributed by atoms with Crippen molar-refractivity contribution >= 4 is 39.5 Å². The molecule has 1 saturated carbocycles. The van der Waals surface area contributed by atoms with Crippen LogP contribution in [0.1, 0.15) is 41.2 Å². The normalized spacial score (nSPS) is 14.0. The van der Waals surface area contributed by atoms with E-state index in [0.29, 0.717) is 29.3 Å². The Morgan fingerprint density at radius 2 is 1.90 bits per heavy atom. The second-order valence-electron chi connectivity index (χ2n) is 6.86. The third kappa shape index (κ3) is 6.12. The predicted molar refractivity (Wildman–Crippen MR) is 110 cm³/mol. The third-order valence-electron chi connectivity index (χ3n) is 4.64. The number of rotatable bonds is 8. The Morgan fingerprint density at radius 1 is 1.17 bits per heavy atom. The first kappa shape index (κ1) is 21.0. The third-order valence-corrected chi connectivity index (χ3v) is 5.11. The highest BCUT2D eigenvalue weighted by Crippen LogP contribution is 2.38. The molecule has 1 N–H and O–H groups in total. The molecule has 0 spiro atoms. The number of nitrogens with one attached hydrogen (secondary N) is 1. The van der Waals surface area contributed by atoms with E-state index in [-0.39, 0.29) is 12.4 Å². The molecule has 8 heteroatoms. The van der Waals surface area contributed by atoms with Crippen molar-refractivity contribution in [3.63, 3.8) is 0 Å². The summed E-state index contributed by atoms with van der Waals surface area (Å²) in [5, 5.41) is 2.50. The van der Waals surface area contributed by atoms with Gasteiger partial charge in [0, 0.05) is 21.9 Å². The van der Waals surface area contributed by atoms with Crippen molar-refractivity contribution in [3.05, 3.63) is 58.3 Å². The second-order valence-corrected chi connectivity index (χ2v) is 7.77. The number of methoxy groups -OCH3 is 1. The van der Waals surface area contributed by atoms with Crippen molar-refractivity contribution in [3.8, 4) is 0 Å². The monoisotopic (exact) mass is 460 g/mol. The maximum atomic E-state index is 12.6. The number of nitrogens with zero attached hydrogens (tertiary/aromatic N) is 1. The SMILES string of the molecule is COC(=O)Nc1ccc(C(=O)COC(=O)C(CC2CC2)c2ccc(Br)cn2)cc1. The summed E-state index contributed by atoms with van der Waals surface area (Å²) in [4.78, 5) is 40.5. The number of ketones is 1. The number of anilines is 1. The minimum Gasteiger partial charge on any atom is -0.457 e. The van der Waals surface area contributed by atoms with Crippen molar-refractivity contribution in [1.82, 2.24) is 4.98 Å². The van der Waals surface area contributed by atoms with Crippen molar-refractivity contribution in [1.29, 1.82) is 0 Å². The molecule has 0 radical (unpaired) electrons. The molecule has 2 aromatic rings. The lowest BCUT2D eigenvalue weighted by molar-refractivity contribution is -0.144. The topological polar surface area (TPSA) is 94.6 Å². The van der Waals surface area contributed by atoms with E-state index >= 15 is 0 Å². The zero-order valence-electron chi connectivity index (χ0n) is 15.9. The Balaban J connectivity index is 1.59. The van der Waals surface area contributed by atoms with Crippen LogP contribution in [0.4, 0.5) is 10.5 Å². The molecule has 0 bridgehead atoms. The van der Waals surface area contributed by atoms with Crippen molar-refractivity contribution in [2.24, 2.45) is 5.92 Å². The van der Waals surface area contributed by atoms with Crippen molar-refractivity contribution in [2.45, 2.75) is 25.2 Å². The van der Waals surface area contributed by atoms with Crippen LogP contribution in [0.3, 0.4) is 0 Å². The van der Waals surface area contributed by atoms with Gasteiger partial charge in [-0.1, -0.05) is 12.8 Å². The fourth-order valence-electron chi connectivity index (χ4n) is 2.85. The molecule has 152 valence electrons. The average molecular weight is 461 g/mol. The maximum Gasteiger partial charge on any atom is 0.411 e. The van der Waals surface area contributed by atoms with E-state index in [2.05, 4.69) is 31.0 Å². The van der Waals surface area contributed by atoms with Crippen LogP contribution in [0, 0.1) is 5.92 Å². The quantitative estimate of drug-likeness (QED) is 0.465. The first-order valence-electron chi connectivity index (χ1n) is 9.22. The highest BCUT2D eigenvalue weighted by Gasteiger charge is 2.32. The molecule has 1 fully saturated rings. The van der Waals surface area contributed by atoms with Gasteiger partial charge in [-0.2, -0.15) is 0 Å². The molecular formula is C21H21BrN2O5. The lowest BCUT2D eigenvalue weighted by Crippen LogP contribution is -2.21. The first-order valence-corrected chi connectivity index (χ1v) is 10.0. The Kier molecular flexibility index (Phi) is 6.98. The number of Topliss-reactive ketones (excluding diaryl/α,β-unsaturated/α-hetero) is 1. The molecule has 0 saturated heterocycles. The van der Waals surface area contributed by atoms with E-state index in [0.717, 1.165) is 17.3 Å². The molecule has 1 atom stereocenters. The minimum atomic E-state index is -0.596. The highest BCUT2D eigenvalue weighted by molar-refractivity contribution is 9.10. The number of hydrogen-bond acceptors (Lipinski definition) is 6. The van der Waals surface area contributed by atoms with Gasteiger partial charge in [-0.25, -0.2) is 4.79 Å². The van der Waals surface area contributed by atoms with Crippen LogP contribution in [0.25, 0.3) is 0 Å². The van der Waals surface area contributed by atoms with Gasteiger partial charge in [0.05, 0.1) is 18.7 Å². The molecule has 1 aliphatic carbocycles. The van der Waals surface area contributed by atoms with Crippen LogP contribution in [0.5, 0.6) is 0 Å². The number of benzene rings is 1. The van der Waals surface area contributed by atoms with E-state index in [1.807, 2.05) is 6.07 Å². The van der Waals surface area contributed by atoms with E-state index in [9.17, 15) is 14.4 Å². The number of carbonyl (C=O) groups is 3. The van der Waals surface area contributed by atoms with E-state index < -0.39 is 18.0 Å². The number of ether oxygens (including phenoxy) is 2. The fraction of sp³-hybridized carbons (Fsp3) is 0.333. The van der Waals surface area contributed by atoms with E-state index in [4.69, 9.17) is 4.74 Å². The summed E-state index contributed by atoms with van der Waals surface area (Å²) < 4.78 is 10.7. The molecule has 7 nitrogen and oxygen atoms in total. The molecule has 0 aliphatic heterocycles. The first-order chi connectivity index (χ1) is 14.0. The smallest absolute Gasteiger partial charge is 0.411 e. The van der Waals surface area contributed by atoms with Gasteiger partial charge in [0.15, 0.2) is 12.4 Å². The standard InChI is InChI=1S/C21H21BrN2O5/c1-28-21(27)24-16-7-4-14(5-8-16)19(25)12-29-20(26)17(10-13-2-3-13)18-9-6-15(22)11-23-18/h4-9,11,13,17H,2-3,10,12H2,1H3,(H,24,27). The highest BCUT2D eigenvalue weighted by atomic mass is 79.9. The lowest BCUT2D eigenvalue weighted by Gasteiger charge is -2.15. The van der Waals surface area contributed by atoms with Crippen LogP contribution in [-0.4, -0.2) is 36.5 Å². The molecule has 1 aliphatic rings. The summed E-state index contributed by atoms with van der Waals surface area (Å²) in [6, 6.07) is 9.90. The Hall–Kier alpha value is -2.74. The van der Waals surface area contributed by atoms with Gasteiger partial charge in [-0.3, -0.25) is 19.9 Å². The summed E-state index contributed by atoms with van der Waals surface area (Å²) in [6.07, 6.45) is 3.94. The zero-order chi connectivity index (χ0) is 20.8. The van der Waals surface area contributed by atoms with Crippen molar-refractivity contribution in [2.75, 3.05) is 19.0 Å². The van der Waals surface area contributed by atoms with Gasteiger partial charge < -0.3 is 9.47 Å². The lowest BCUT2D eigenvalue weighted by atomic mass is 9.98. The number of aromatic nitrogens is 1. The van der Waals surface area contributed by atoms with Gasteiger partial charge in [0.1, 0.15) is 0 Å². The van der Waals surface area contributed by atoms with Gasteiger partial charge in [0.25, 0.3) is 0 Å². The summed E-state index contributed by atoms with van der Waals surface area (Å²) in [5.41, 5.74) is 1.53. The second kappa shape index (κ2) is 9.65. The molecule has 1 amide bonds. The van der Waals surface area contributed by atoms with Crippen LogP contribution in [0.15, 0.2) is 47.1 Å². The van der Waals surface area contributed by atoms with Crippen molar-refractivity contribution < 1.29 is 23.9 Å². The molecule has 1 aromatic heterocycles. The van der Waals surface area contributed by atoms with E-state index in [1.54, 1.807) is 36.5 Å².